The Balaban J connectivity index is 1.37. The standard InChI is InChI=1S/C32H28Cl2O4/c33-26-13-7-22(8-14-26)30(35)37-28-17-11-24(12-18-28)32(19-2-1-3-20-32)25-5-4-6-29(21-25)38-31(36)23-9-15-27(34)16-10-23/h4-18,21,31,36H,1-3,19-20H2. The molecule has 0 spiro atoms. The van der Waals surface area contributed by atoms with Crippen LogP contribution in [-0.4, -0.2) is 11.1 Å². The van der Waals surface area contributed by atoms with Gasteiger partial charge in [-0.15, -0.1) is 0 Å². The van der Waals surface area contributed by atoms with Gasteiger partial charge in [0.15, 0.2) is 0 Å². The minimum Gasteiger partial charge on any atom is -0.461 e. The molecular formula is C32H28Cl2O4. The summed E-state index contributed by atoms with van der Waals surface area (Å²) in [4.78, 5) is 12.5. The van der Waals surface area contributed by atoms with Crippen LogP contribution in [0.3, 0.4) is 0 Å². The molecule has 1 N–H and O–H groups in total. The molecule has 5 rings (SSSR count). The largest absolute Gasteiger partial charge is 0.461 e. The van der Waals surface area contributed by atoms with Crippen molar-refractivity contribution in [2.45, 2.75) is 43.8 Å². The second kappa shape index (κ2) is 11.6. The molecule has 1 aliphatic rings. The summed E-state index contributed by atoms with van der Waals surface area (Å²) in [5.41, 5.74) is 3.19. The number of rotatable bonds is 7. The Hall–Kier alpha value is -3.31. The van der Waals surface area contributed by atoms with Crippen LogP contribution in [-0.2, 0) is 5.41 Å². The molecule has 194 valence electrons. The van der Waals surface area contributed by atoms with Gasteiger partial charge in [0.25, 0.3) is 0 Å². The number of hydrogen-bond acceptors (Lipinski definition) is 4. The average Bonchev–Trinajstić information content (AvgIpc) is 2.94. The van der Waals surface area contributed by atoms with E-state index in [1.165, 1.54) is 12.0 Å². The van der Waals surface area contributed by atoms with Crippen molar-refractivity contribution in [2.24, 2.45) is 0 Å². The summed E-state index contributed by atoms with van der Waals surface area (Å²) in [5, 5.41) is 11.8. The minimum absolute atomic E-state index is 0.193. The molecule has 0 amide bonds. The zero-order valence-corrected chi connectivity index (χ0v) is 22.3. The molecule has 1 fully saturated rings. The Kier molecular flexibility index (Phi) is 8.04. The van der Waals surface area contributed by atoms with Crippen LogP contribution in [0.5, 0.6) is 11.5 Å². The smallest absolute Gasteiger partial charge is 0.343 e. The van der Waals surface area contributed by atoms with E-state index in [1.807, 2.05) is 42.5 Å². The third-order valence-electron chi connectivity index (χ3n) is 7.19. The Morgan fingerprint density at radius 1 is 0.737 bits per heavy atom. The Morgan fingerprint density at radius 2 is 1.37 bits per heavy atom. The average molecular weight is 547 g/mol. The highest BCUT2D eigenvalue weighted by Crippen LogP contribution is 2.46. The summed E-state index contributed by atoms with van der Waals surface area (Å²) in [6.07, 6.45) is 4.33. The van der Waals surface area contributed by atoms with Crippen LogP contribution in [0, 0.1) is 0 Å². The van der Waals surface area contributed by atoms with Gasteiger partial charge in [-0.25, -0.2) is 4.79 Å². The summed E-state index contributed by atoms with van der Waals surface area (Å²) < 4.78 is 11.5. The summed E-state index contributed by atoms with van der Waals surface area (Å²) in [6, 6.07) is 29.4. The van der Waals surface area contributed by atoms with Crippen molar-refractivity contribution in [3.63, 3.8) is 0 Å². The molecule has 0 aliphatic heterocycles. The van der Waals surface area contributed by atoms with E-state index in [0.29, 0.717) is 32.7 Å². The van der Waals surface area contributed by atoms with Gasteiger partial charge in [-0.2, -0.15) is 0 Å². The number of halogens is 2. The minimum atomic E-state index is -1.10. The van der Waals surface area contributed by atoms with Crippen LogP contribution < -0.4 is 9.47 Å². The molecule has 6 heteroatoms. The van der Waals surface area contributed by atoms with Gasteiger partial charge in [0.05, 0.1) is 5.56 Å². The van der Waals surface area contributed by atoms with Crippen molar-refractivity contribution in [1.82, 2.24) is 0 Å². The number of aliphatic hydroxyl groups is 1. The fraction of sp³-hybridized carbons (Fsp3) is 0.219. The number of esters is 1. The first-order valence-electron chi connectivity index (χ1n) is 12.7. The van der Waals surface area contributed by atoms with Crippen molar-refractivity contribution in [2.75, 3.05) is 0 Å². The zero-order valence-electron chi connectivity index (χ0n) is 20.8. The zero-order chi connectivity index (χ0) is 26.5. The van der Waals surface area contributed by atoms with Crippen LogP contribution in [0.25, 0.3) is 0 Å². The van der Waals surface area contributed by atoms with E-state index in [0.717, 1.165) is 31.2 Å². The Morgan fingerprint density at radius 3 is 2.03 bits per heavy atom. The molecule has 0 bridgehead atoms. The lowest BCUT2D eigenvalue weighted by molar-refractivity contribution is -0.0195. The monoisotopic (exact) mass is 546 g/mol. The van der Waals surface area contributed by atoms with E-state index in [2.05, 4.69) is 6.07 Å². The Bertz CT molecular complexity index is 1380. The summed E-state index contributed by atoms with van der Waals surface area (Å²) in [6.45, 7) is 0. The van der Waals surface area contributed by atoms with Crippen LogP contribution in [0.2, 0.25) is 10.0 Å². The topological polar surface area (TPSA) is 55.8 Å². The molecule has 1 atom stereocenters. The highest BCUT2D eigenvalue weighted by atomic mass is 35.5. The molecule has 0 saturated heterocycles. The lowest BCUT2D eigenvalue weighted by Gasteiger charge is -2.39. The number of aliphatic hydroxyl groups excluding tert-OH is 1. The molecule has 4 aromatic rings. The molecule has 4 aromatic carbocycles. The van der Waals surface area contributed by atoms with Gasteiger partial charge in [-0.3, -0.25) is 0 Å². The molecule has 1 unspecified atom stereocenters. The van der Waals surface area contributed by atoms with E-state index >= 15 is 0 Å². The lowest BCUT2D eigenvalue weighted by atomic mass is 9.65. The fourth-order valence-electron chi connectivity index (χ4n) is 5.18. The van der Waals surface area contributed by atoms with Crippen LogP contribution in [0.4, 0.5) is 0 Å². The van der Waals surface area contributed by atoms with E-state index in [9.17, 15) is 9.90 Å². The van der Waals surface area contributed by atoms with Crippen LogP contribution in [0.15, 0.2) is 97.1 Å². The highest BCUT2D eigenvalue weighted by molar-refractivity contribution is 6.30. The SMILES string of the molecule is O=C(Oc1ccc(C2(c3cccc(OC(O)c4ccc(Cl)cc4)c3)CCCCC2)cc1)c1ccc(Cl)cc1. The summed E-state index contributed by atoms with van der Waals surface area (Å²) in [7, 11) is 0. The predicted octanol–water partition coefficient (Wildman–Crippen LogP) is 8.53. The quantitative estimate of drug-likeness (QED) is 0.143. The maximum atomic E-state index is 12.5. The molecule has 4 nitrogen and oxygen atoms in total. The Labute approximate surface area is 232 Å². The van der Waals surface area contributed by atoms with Gasteiger partial charge >= 0.3 is 5.97 Å². The van der Waals surface area contributed by atoms with E-state index in [4.69, 9.17) is 32.7 Å². The first-order chi connectivity index (χ1) is 18.4. The number of hydrogen-bond donors (Lipinski definition) is 1. The first kappa shape index (κ1) is 26.3. The highest BCUT2D eigenvalue weighted by Gasteiger charge is 2.36. The van der Waals surface area contributed by atoms with E-state index < -0.39 is 12.3 Å². The number of ether oxygens (including phenoxy) is 2. The molecule has 1 aliphatic carbocycles. The summed E-state index contributed by atoms with van der Waals surface area (Å²) >= 11 is 11.9. The second-order valence-electron chi connectivity index (χ2n) is 9.61. The van der Waals surface area contributed by atoms with Crippen molar-refractivity contribution >= 4 is 29.2 Å². The number of carbonyl (C=O) groups is 1. The van der Waals surface area contributed by atoms with E-state index in [-0.39, 0.29) is 5.41 Å². The van der Waals surface area contributed by atoms with Gasteiger partial charge in [-0.05, 0) is 84.6 Å². The maximum Gasteiger partial charge on any atom is 0.343 e. The molecule has 1 saturated carbocycles. The van der Waals surface area contributed by atoms with Crippen molar-refractivity contribution in [1.29, 1.82) is 0 Å². The number of benzene rings is 4. The van der Waals surface area contributed by atoms with Gasteiger partial charge in [0.2, 0.25) is 6.29 Å². The second-order valence-corrected chi connectivity index (χ2v) is 10.5. The fourth-order valence-corrected chi connectivity index (χ4v) is 5.44. The van der Waals surface area contributed by atoms with Gasteiger partial charge in [-0.1, -0.05) is 78.9 Å². The third kappa shape index (κ3) is 5.88. The van der Waals surface area contributed by atoms with Crippen LogP contribution >= 0.6 is 23.2 Å². The molecule has 0 aromatic heterocycles. The van der Waals surface area contributed by atoms with Gasteiger partial charge in [0, 0.05) is 21.0 Å². The van der Waals surface area contributed by atoms with Crippen molar-refractivity contribution < 1.29 is 19.4 Å². The summed E-state index contributed by atoms with van der Waals surface area (Å²) in [5.74, 6) is 0.664. The molecule has 0 heterocycles. The normalized spacial score (nSPS) is 15.4. The van der Waals surface area contributed by atoms with Crippen molar-refractivity contribution in [3.8, 4) is 11.5 Å². The van der Waals surface area contributed by atoms with Gasteiger partial charge in [0.1, 0.15) is 11.5 Å². The lowest BCUT2D eigenvalue weighted by Crippen LogP contribution is -2.30. The van der Waals surface area contributed by atoms with Gasteiger partial charge < -0.3 is 14.6 Å². The maximum absolute atomic E-state index is 12.5. The molecular weight excluding hydrogens is 519 g/mol. The predicted molar refractivity (Wildman–Crippen MR) is 150 cm³/mol. The third-order valence-corrected chi connectivity index (χ3v) is 7.70. The number of carbonyl (C=O) groups excluding carboxylic acids is 1. The first-order valence-corrected chi connectivity index (χ1v) is 13.5. The van der Waals surface area contributed by atoms with E-state index in [1.54, 1.807) is 48.5 Å². The van der Waals surface area contributed by atoms with Crippen LogP contribution in [0.1, 0.15) is 65.4 Å². The molecule has 38 heavy (non-hydrogen) atoms. The van der Waals surface area contributed by atoms with Crippen molar-refractivity contribution in [3.05, 3.63) is 129 Å². The molecule has 0 radical (unpaired) electrons.